The van der Waals surface area contributed by atoms with Crippen LogP contribution in [-0.4, -0.2) is 15.1 Å². The van der Waals surface area contributed by atoms with E-state index < -0.39 is 0 Å². The van der Waals surface area contributed by atoms with E-state index in [4.69, 9.17) is 5.11 Å². The number of nitrogens with one attached hydrogen (secondary N) is 1. The number of aromatic amines is 1. The Labute approximate surface area is 81.8 Å². The Kier molecular flexibility index (Phi) is 2.32. The minimum Gasteiger partial charge on any atom is -0.508 e. The molecule has 3 nitrogen and oxygen atoms in total. The van der Waals surface area contributed by atoms with Crippen molar-refractivity contribution in [2.75, 3.05) is 0 Å². The van der Waals surface area contributed by atoms with Gasteiger partial charge < -0.3 is 10.1 Å². The number of nitrogens with zero attached hydrogens (tertiary/aromatic N) is 1. The second-order valence-electron chi connectivity index (χ2n) is 2.93. The number of aromatic nitrogens is 2. The van der Waals surface area contributed by atoms with Crippen LogP contribution in [0.5, 0.6) is 5.75 Å². The zero-order valence-corrected chi connectivity index (χ0v) is 7.51. The summed E-state index contributed by atoms with van der Waals surface area (Å²) in [6.07, 6.45) is 7.26. The van der Waals surface area contributed by atoms with Crippen LogP contribution in [0.1, 0.15) is 11.3 Å². The number of hydrogen-bond acceptors (Lipinski definition) is 2. The molecule has 0 saturated heterocycles. The van der Waals surface area contributed by atoms with Crippen molar-refractivity contribution >= 4 is 12.2 Å². The lowest BCUT2D eigenvalue weighted by atomic mass is 10.2. The number of hydrogen-bond donors (Lipinski definition) is 2. The molecule has 1 aromatic carbocycles. The molecule has 14 heavy (non-hydrogen) atoms. The van der Waals surface area contributed by atoms with E-state index in [2.05, 4.69) is 9.97 Å². The summed E-state index contributed by atoms with van der Waals surface area (Å²) in [6, 6.07) is 7.02. The zero-order chi connectivity index (χ0) is 9.80. The molecule has 0 aliphatic heterocycles. The molecule has 0 spiro atoms. The van der Waals surface area contributed by atoms with Crippen LogP contribution in [0.3, 0.4) is 0 Å². The molecule has 0 amide bonds. The highest BCUT2D eigenvalue weighted by atomic mass is 16.3. The normalized spacial score (nSPS) is 10.9. The van der Waals surface area contributed by atoms with E-state index in [1.54, 1.807) is 24.7 Å². The molecule has 2 N–H and O–H groups in total. The molecule has 0 bridgehead atoms. The fraction of sp³-hybridized carbons (Fsp3) is 0. The molecule has 1 heterocycles. The molecule has 2 aromatic rings. The van der Waals surface area contributed by atoms with Crippen LogP contribution in [0.4, 0.5) is 0 Å². The Bertz CT molecular complexity index is 415. The Hall–Kier alpha value is -2.03. The topological polar surface area (TPSA) is 48.9 Å². The first-order valence-corrected chi connectivity index (χ1v) is 4.30. The van der Waals surface area contributed by atoms with Gasteiger partial charge in [-0.3, -0.25) is 0 Å². The fourth-order valence-corrected chi connectivity index (χ4v) is 1.13. The Morgan fingerprint density at radius 3 is 2.57 bits per heavy atom. The lowest BCUT2D eigenvalue weighted by Crippen LogP contribution is -1.71. The molecule has 2 rings (SSSR count). The van der Waals surface area contributed by atoms with E-state index in [0.29, 0.717) is 0 Å². The van der Waals surface area contributed by atoms with E-state index in [9.17, 15) is 0 Å². The molecule has 0 aliphatic carbocycles. The SMILES string of the molecule is Oc1ccc(/C=C/c2cnc[nH]2)cc1. The average Bonchev–Trinajstić information content (AvgIpc) is 2.70. The molecular weight excluding hydrogens is 176 g/mol. The molecule has 0 atom stereocenters. The second kappa shape index (κ2) is 3.79. The highest BCUT2D eigenvalue weighted by molar-refractivity contribution is 5.67. The lowest BCUT2D eigenvalue weighted by molar-refractivity contribution is 0.475. The summed E-state index contributed by atoms with van der Waals surface area (Å²) in [5.74, 6) is 0.281. The highest BCUT2D eigenvalue weighted by Crippen LogP contribution is 2.11. The van der Waals surface area contributed by atoms with E-state index >= 15 is 0 Å². The van der Waals surface area contributed by atoms with Crippen molar-refractivity contribution < 1.29 is 5.11 Å². The first-order valence-electron chi connectivity index (χ1n) is 4.30. The van der Waals surface area contributed by atoms with Crippen molar-refractivity contribution in [1.82, 2.24) is 9.97 Å². The Morgan fingerprint density at radius 2 is 1.93 bits per heavy atom. The molecule has 0 radical (unpaired) electrons. The van der Waals surface area contributed by atoms with Gasteiger partial charge in [-0.25, -0.2) is 4.98 Å². The third-order valence-electron chi connectivity index (χ3n) is 1.87. The largest absolute Gasteiger partial charge is 0.508 e. The summed E-state index contributed by atoms with van der Waals surface area (Å²) in [6.45, 7) is 0. The summed E-state index contributed by atoms with van der Waals surface area (Å²) in [5, 5.41) is 9.07. The van der Waals surface area contributed by atoms with E-state index in [-0.39, 0.29) is 5.75 Å². The fourth-order valence-electron chi connectivity index (χ4n) is 1.13. The van der Waals surface area contributed by atoms with Crippen LogP contribution in [0.25, 0.3) is 12.2 Å². The number of phenolic OH excluding ortho intramolecular Hbond substituents is 1. The highest BCUT2D eigenvalue weighted by Gasteiger charge is 1.89. The van der Waals surface area contributed by atoms with Gasteiger partial charge in [-0.1, -0.05) is 18.2 Å². The van der Waals surface area contributed by atoms with Gasteiger partial charge >= 0.3 is 0 Å². The minimum atomic E-state index is 0.281. The molecule has 0 aliphatic rings. The van der Waals surface area contributed by atoms with E-state index in [0.717, 1.165) is 11.3 Å². The molecule has 0 unspecified atom stereocenters. The predicted octanol–water partition coefficient (Wildman–Crippen LogP) is 2.29. The predicted molar refractivity (Wildman–Crippen MR) is 55.6 cm³/mol. The zero-order valence-electron chi connectivity index (χ0n) is 7.51. The van der Waals surface area contributed by atoms with E-state index in [1.165, 1.54) is 0 Å². The van der Waals surface area contributed by atoms with Gasteiger partial charge in [0.2, 0.25) is 0 Å². The van der Waals surface area contributed by atoms with Crippen molar-refractivity contribution in [3.05, 3.63) is 48.0 Å². The van der Waals surface area contributed by atoms with Gasteiger partial charge in [0.15, 0.2) is 0 Å². The maximum Gasteiger partial charge on any atom is 0.115 e. The van der Waals surface area contributed by atoms with Crippen molar-refractivity contribution in [3.63, 3.8) is 0 Å². The third kappa shape index (κ3) is 2.01. The van der Waals surface area contributed by atoms with Crippen LogP contribution in [0.2, 0.25) is 0 Å². The number of imidazole rings is 1. The number of benzene rings is 1. The monoisotopic (exact) mass is 186 g/mol. The molecule has 70 valence electrons. The number of phenols is 1. The minimum absolute atomic E-state index is 0.281. The van der Waals surface area contributed by atoms with Gasteiger partial charge in [-0.05, 0) is 23.8 Å². The molecule has 0 fully saturated rings. The second-order valence-corrected chi connectivity index (χ2v) is 2.93. The van der Waals surface area contributed by atoms with Crippen LogP contribution in [0, 0.1) is 0 Å². The van der Waals surface area contributed by atoms with Crippen molar-refractivity contribution in [3.8, 4) is 5.75 Å². The number of aromatic hydroxyl groups is 1. The van der Waals surface area contributed by atoms with Gasteiger partial charge in [-0.15, -0.1) is 0 Å². The first-order chi connectivity index (χ1) is 6.84. The van der Waals surface area contributed by atoms with Crippen LogP contribution < -0.4 is 0 Å². The maximum atomic E-state index is 9.07. The van der Waals surface area contributed by atoms with Crippen LogP contribution in [-0.2, 0) is 0 Å². The van der Waals surface area contributed by atoms with Gasteiger partial charge in [-0.2, -0.15) is 0 Å². The summed E-state index contributed by atoms with van der Waals surface area (Å²) in [5.41, 5.74) is 2.00. The molecule has 1 aromatic heterocycles. The average molecular weight is 186 g/mol. The van der Waals surface area contributed by atoms with Gasteiger partial charge in [0.25, 0.3) is 0 Å². The summed E-state index contributed by atoms with van der Waals surface area (Å²) < 4.78 is 0. The van der Waals surface area contributed by atoms with Gasteiger partial charge in [0, 0.05) is 0 Å². The smallest absolute Gasteiger partial charge is 0.115 e. The lowest BCUT2D eigenvalue weighted by Gasteiger charge is -1.93. The van der Waals surface area contributed by atoms with Crippen molar-refractivity contribution in [2.45, 2.75) is 0 Å². The van der Waals surface area contributed by atoms with Crippen molar-refractivity contribution in [1.29, 1.82) is 0 Å². The van der Waals surface area contributed by atoms with Gasteiger partial charge in [0.05, 0.1) is 18.2 Å². The van der Waals surface area contributed by atoms with Crippen LogP contribution in [0.15, 0.2) is 36.8 Å². The standard InChI is InChI=1S/C11H10N2O/c14-11-5-2-9(3-6-11)1-4-10-7-12-8-13-10/h1-8,14H,(H,12,13)/b4-1+. The molecule has 0 saturated carbocycles. The first kappa shape index (κ1) is 8.56. The Morgan fingerprint density at radius 1 is 1.14 bits per heavy atom. The quantitative estimate of drug-likeness (QED) is 0.755. The number of H-pyrrole nitrogens is 1. The van der Waals surface area contributed by atoms with Crippen molar-refractivity contribution in [2.24, 2.45) is 0 Å². The summed E-state index contributed by atoms with van der Waals surface area (Å²) in [7, 11) is 0. The molecule has 3 heteroatoms. The maximum absolute atomic E-state index is 9.07. The summed E-state index contributed by atoms with van der Waals surface area (Å²) in [4.78, 5) is 6.87. The van der Waals surface area contributed by atoms with Crippen LogP contribution >= 0.6 is 0 Å². The third-order valence-corrected chi connectivity index (χ3v) is 1.87. The Balaban J connectivity index is 2.15. The summed E-state index contributed by atoms with van der Waals surface area (Å²) >= 11 is 0. The van der Waals surface area contributed by atoms with Gasteiger partial charge in [0.1, 0.15) is 5.75 Å². The molecular formula is C11H10N2O. The number of rotatable bonds is 2. The van der Waals surface area contributed by atoms with E-state index in [1.807, 2.05) is 24.3 Å².